The summed E-state index contributed by atoms with van der Waals surface area (Å²) in [6.07, 6.45) is 0.822. The number of rotatable bonds is 4. The monoisotopic (exact) mass is 282 g/mol. The molecule has 0 aliphatic rings. The zero-order valence-corrected chi connectivity index (χ0v) is 12.8. The number of benzene rings is 2. The Morgan fingerprint density at radius 3 is 2.43 bits per heavy atom. The van der Waals surface area contributed by atoms with Crippen molar-refractivity contribution < 1.29 is 4.79 Å². The topological polar surface area (TPSA) is 41.1 Å². The van der Waals surface area contributed by atoms with Gasteiger partial charge in [0.15, 0.2) is 0 Å². The van der Waals surface area contributed by atoms with Crippen molar-refractivity contribution in [1.29, 1.82) is 0 Å². The molecule has 0 aromatic heterocycles. The van der Waals surface area contributed by atoms with Crippen LogP contribution in [0.5, 0.6) is 0 Å². The molecule has 0 bridgehead atoms. The third-order valence-electron chi connectivity index (χ3n) is 3.31. The van der Waals surface area contributed by atoms with Crippen LogP contribution in [0.25, 0.3) is 0 Å². The molecular weight excluding hydrogens is 260 g/mol. The van der Waals surface area contributed by atoms with Crippen molar-refractivity contribution in [2.75, 3.05) is 5.32 Å². The third-order valence-corrected chi connectivity index (χ3v) is 3.31. The average Bonchev–Trinajstić information content (AvgIpc) is 2.41. The van der Waals surface area contributed by atoms with E-state index in [1.165, 1.54) is 16.7 Å². The van der Waals surface area contributed by atoms with Gasteiger partial charge in [-0.25, -0.2) is 4.79 Å². The van der Waals surface area contributed by atoms with Gasteiger partial charge in [0.25, 0.3) is 0 Å². The summed E-state index contributed by atoms with van der Waals surface area (Å²) in [6.45, 7) is 6.11. The maximum Gasteiger partial charge on any atom is 0.319 e. The molecule has 21 heavy (non-hydrogen) atoms. The average molecular weight is 282 g/mol. The largest absolute Gasteiger partial charge is 0.335 e. The van der Waals surface area contributed by atoms with Crippen molar-refractivity contribution in [3.8, 4) is 0 Å². The van der Waals surface area contributed by atoms with Gasteiger partial charge in [0.05, 0.1) is 0 Å². The quantitative estimate of drug-likeness (QED) is 0.872. The number of aryl methyl sites for hydroxylation is 2. The zero-order chi connectivity index (χ0) is 15.2. The highest BCUT2D eigenvalue weighted by atomic mass is 16.2. The van der Waals surface area contributed by atoms with Gasteiger partial charge in [-0.2, -0.15) is 0 Å². The third kappa shape index (κ3) is 4.95. The second-order valence-corrected chi connectivity index (χ2v) is 5.56. The van der Waals surface area contributed by atoms with E-state index >= 15 is 0 Å². The summed E-state index contributed by atoms with van der Waals surface area (Å²) in [5, 5.41) is 5.81. The van der Waals surface area contributed by atoms with E-state index in [2.05, 4.69) is 35.8 Å². The fourth-order valence-corrected chi connectivity index (χ4v) is 2.27. The Hall–Kier alpha value is -2.29. The summed E-state index contributed by atoms with van der Waals surface area (Å²) in [7, 11) is 0. The molecule has 2 amide bonds. The summed E-state index contributed by atoms with van der Waals surface area (Å²) >= 11 is 0. The number of carbonyl (C=O) groups excluding carboxylic acids is 1. The predicted octanol–water partition coefficient (Wildman–Crippen LogP) is 4.06. The Morgan fingerprint density at radius 1 is 1.05 bits per heavy atom. The number of anilines is 1. The first-order valence-corrected chi connectivity index (χ1v) is 7.22. The van der Waals surface area contributed by atoms with E-state index < -0.39 is 0 Å². The first-order valence-electron chi connectivity index (χ1n) is 7.22. The molecule has 0 fully saturated rings. The van der Waals surface area contributed by atoms with Crippen LogP contribution in [0.15, 0.2) is 48.5 Å². The minimum atomic E-state index is -0.168. The number of hydrogen-bond donors (Lipinski definition) is 2. The van der Waals surface area contributed by atoms with Crippen molar-refractivity contribution in [2.45, 2.75) is 33.2 Å². The molecule has 1 atom stereocenters. The molecule has 0 aliphatic heterocycles. The molecule has 0 spiro atoms. The van der Waals surface area contributed by atoms with E-state index in [4.69, 9.17) is 0 Å². The molecule has 2 N–H and O–H groups in total. The van der Waals surface area contributed by atoms with Gasteiger partial charge in [-0.05, 0) is 44.9 Å². The van der Waals surface area contributed by atoms with E-state index in [1.807, 2.05) is 44.2 Å². The lowest BCUT2D eigenvalue weighted by molar-refractivity contribution is 0.249. The molecule has 0 radical (unpaired) electrons. The number of carbonyl (C=O) groups is 1. The van der Waals surface area contributed by atoms with Gasteiger partial charge in [-0.1, -0.05) is 47.5 Å². The molecule has 1 unspecified atom stereocenters. The van der Waals surface area contributed by atoms with Crippen LogP contribution >= 0.6 is 0 Å². The second kappa shape index (κ2) is 6.93. The molecule has 2 aromatic rings. The van der Waals surface area contributed by atoms with Crippen molar-refractivity contribution in [3.05, 3.63) is 65.2 Å². The SMILES string of the molecule is Cc1ccc(NC(=O)NC(C)Cc2cccc(C)c2)cc1. The van der Waals surface area contributed by atoms with Crippen molar-refractivity contribution >= 4 is 11.7 Å². The van der Waals surface area contributed by atoms with Crippen LogP contribution in [-0.4, -0.2) is 12.1 Å². The molecule has 3 heteroatoms. The molecule has 2 rings (SSSR count). The lowest BCUT2D eigenvalue weighted by atomic mass is 10.1. The molecule has 0 heterocycles. The van der Waals surface area contributed by atoms with Crippen LogP contribution in [0.1, 0.15) is 23.6 Å². The minimum Gasteiger partial charge on any atom is -0.335 e. The summed E-state index contributed by atoms with van der Waals surface area (Å²) < 4.78 is 0. The van der Waals surface area contributed by atoms with E-state index in [9.17, 15) is 4.79 Å². The van der Waals surface area contributed by atoms with Crippen molar-refractivity contribution in [3.63, 3.8) is 0 Å². The number of urea groups is 1. The van der Waals surface area contributed by atoms with Crippen LogP contribution in [0.2, 0.25) is 0 Å². The van der Waals surface area contributed by atoms with Gasteiger partial charge >= 0.3 is 6.03 Å². The predicted molar refractivity (Wildman–Crippen MR) is 87.7 cm³/mol. The first kappa shape index (κ1) is 15.1. The Balaban J connectivity index is 1.86. The lowest BCUT2D eigenvalue weighted by Crippen LogP contribution is -2.37. The molecule has 0 saturated carbocycles. The van der Waals surface area contributed by atoms with E-state index in [0.717, 1.165) is 12.1 Å². The minimum absolute atomic E-state index is 0.0808. The Morgan fingerprint density at radius 2 is 1.76 bits per heavy atom. The van der Waals surface area contributed by atoms with Gasteiger partial charge in [-0.15, -0.1) is 0 Å². The first-order chi connectivity index (χ1) is 10.0. The van der Waals surface area contributed by atoms with E-state index in [0.29, 0.717) is 0 Å². The van der Waals surface area contributed by atoms with Crippen LogP contribution in [0.3, 0.4) is 0 Å². The molecule has 110 valence electrons. The summed E-state index contributed by atoms with van der Waals surface area (Å²) in [5.41, 5.74) is 4.46. The van der Waals surface area contributed by atoms with E-state index in [-0.39, 0.29) is 12.1 Å². The second-order valence-electron chi connectivity index (χ2n) is 5.56. The standard InChI is InChI=1S/C18H22N2O/c1-13-7-9-17(10-8-13)20-18(21)19-15(3)12-16-6-4-5-14(2)11-16/h4-11,15H,12H2,1-3H3,(H2,19,20,21). The normalized spacial score (nSPS) is 11.8. The Labute approximate surface area is 126 Å². The summed E-state index contributed by atoms with van der Waals surface area (Å²) in [6, 6.07) is 16.0. The van der Waals surface area contributed by atoms with Crippen LogP contribution in [0.4, 0.5) is 10.5 Å². The van der Waals surface area contributed by atoms with Gasteiger partial charge in [0.2, 0.25) is 0 Å². The number of amides is 2. The summed E-state index contributed by atoms with van der Waals surface area (Å²) in [5.74, 6) is 0. The van der Waals surface area contributed by atoms with Gasteiger partial charge < -0.3 is 10.6 Å². The van der Waals surface area contributed by atoms with Gasteiger partial charge in [-0.3, -0.25) is 0 Å². The summed E-state index contributed by atoms with van der Waals surface area (Å²) in [4.78, 5) is 11.9. The molecular formula is C18H22N2O. The van der Waals surface area contributed by atoms with Crippen molar-refractivity contribution in [1.82, 2.24) is 5.32 Å². The molecule has 0 aliphatic carbocycles. The fourth-order valence-electron chi connectivity index (χ4n) is 2.27. The number of hydrogen-bond acceptors (Lipinski definition) is 1. The van der Waals surface area contributed by atoms with Crippen molar-refractivity contribution in [2.24, 2.45) is 0 Å². The highest BCUT2D eigenvalue weighted by Crippen LogP contribution is 2.09. The maximum absolute atomic E-state index is 11.9. The molecule has 3 nitrogen and oxygen atoms in total. The smallest absolute Gasteiger partial charge is 0.319 e. The van der Waals surface area contributed by atoms with Crippen LogP contribution < -0.4 is 10.6 Å². The fraction of sp³-hybridized carbons (Fsp3) is 0.278. The van der Waals surface area contributed by atoms with E-state index in [1.54, 1.807) is 0 Å². The molecule has 0 saturated heterocycles. The number of nitrogens with one attached hydrogen (secondary N) is 2. The maximum atomic E-state index is 11.9. The van der Waals surface area contributed by atoms with Crippen LogP contribution in [0, 0.1) is 13.8 Å². The van der Waals surface area contributed by atoms with Gasteiger partial charge in [0.1, 0.15) is 0 Å². The Bertz CT molecular complexity index is 605. The Kier molecular flexibility index (Phi) is 4.99. The highest BCUT2D eigenvalue weighted by Gasteiger charge is 2.08. The lowest BCUT2D eigenvalue weighted by Gasteiger charge is -2.15. The highest BCUT2D eigenvalue weighted by molar-refractivity contribution is 5.89. The van der Waals surface area contributed by atoms with Gasteiger partial charge in [0, 0.05) is 11.7 Å². The van der Waals surface area contributed by atoms with Crippen LogP contribution in [-0.2, 0) is 6.42 Å². The molecule has 2 aromatic carbocycles. The zero-order valence-electron chi connectivity index (χ0n) is 12.8.